The Kier molecular flexibility index (Phi) is 4.44. The minimum Gasteiger partial charge on any atom is -0.496 e. The van der Waals surface area contributed by atoms with Gasteiger partial charge in [0, 0.05) is 5.56 Å². The van der Waals surface area contributed by atoms with Gasteiger partial charge in [-0.1, -0.05) is 0 Å². The lowest BCUT2D eigenvalue weighted by Gasteiger charge is -2.19. The van der Waals surface area contributed by atoms with E-state index in [2.05, 4.69) is 0 Å². The summed E-state index contributed by atoms with van der Waals surface area (Å²) in [5, 5.41) is 9.81. The number of alkyl halides is 1. The normalized spacial score (nSPS) is 12.4. The zero-order chi connectivity index (χ0) is 12.3. The van der Waals surface area contributed by atoms with Crippen LogP contribution in [0.1, 0.15) is 22.8 Å². The van der Waals surface area contributed by atoms with Gasteiger partial charge >= 0.3 is 0 Å². The second-order valence-electron chi connectivity index (χ2n) is 3.62. The molecule has 0 aliphatic carbocycles. The van der Waals surface area contributed by atoms with Crippen LogP contribution in [-0.4, -0.2) is 25.2 Å². The fourth-order valence-corrected chi connectivity index (χ4v) is 1.87. The van der Waals surface area contributed by atoms with Gasteiger partial charge in [0.25, 0.3) is 0 Å². The fraction of sp³-hybridized carbons (Fsp3) is 0.500. The third-order valence-corrected chi connectivity index (χ3v) is 3.04. The van der Waals surface area contributed by atoms with Crippen molar-refractivity contribution in [1.29, 1.82) is 0 Å². The summed E-state index contributed by atoms with van der Waals surface area (Å²) >= 11 is 5.66. The predicted molar refractivity (Wildman–Crippen MR) is 64.7 cm³/mol. The van der Waals surface area contributed by atoms with Crippen molar-refractivity contribution in [3.05, 3.63) is 22.8 Å². The molecule has 0 bridgehead atoms. The van der Waals surface area contributed by atoms with Crippen LogP contribution in [0, 0.1) is 13.8 Å². The van der Waals surface area contributed by atoms with Crippen molar-refractivity contribution in [2.45, 2.75) is 20.0 Å². The number of ether oxygens (including phenoxy) is 2. The van der Waals surface area contributed by atoms with Crippen LogP contribution in [0.25, 0.3) is 0 Å². The summed E-state index contributed by atoms with van der Waals surface area (Å²) in [6.45, 7) is 3.88. The van der Waals surface area contributed by atoms with Crippen molar-refractivity contribution in [2.75, 3.05) is 20.1 Å². The Labute approximate surface area is 101 Å². The van der Waals surface area contributed by atoms with Crippen LogP contribution in [0.2, 0.25) is 0 Å². The lowest BCUT2D eigenvalue weighted by molar-refractivity contribution is 0.196. The van der Waals surface area contributed by atoms with E-state index in [9.17, 15) is 5.11 Å². The number of aliphatic hydroxyl groups excluding tert-OH is 1. The molecular weight excluding hydrogens is 228 g/mol. The van der Waals surface area contributed by atoms with Crippen LogP contribution in [-0.2, 0) is 0 Å². The van der Waals surface area contributed by atoms with Crippen molar-refractivity contribution < 1.29 is 14.6 Å². The molecule has 0 radical (unpaired) electrons. The maximum atomic E-state index is 9.81. The average Bonchev–Trinajstić information content (AvgIpc) is 2.31. The first-order valence-electron chi connectivity index (χ1n) is 5.02. The lowest BCUT2D eigenvalue weighted by atomic mass is 10.00. The van der Waals surface area contributed by atoms with Gasteiger partial charge in [0.15, 0.2) is 0 Å². The van der Waals surface area contributed by atoms with Gasteiger partial charge in [0.1, 0.15) is 11.5 Å². The second-order valence-corrected chi connectivity index (χ2v) is 3.93. The number of rotatable bonds is 4. The van der Waals surface area contributed by atoms with Gasteiger partial charge in [-0.2, -0.15) is 0 Å². The van der Waals surface area contributed by atoms with Gasteiger partial charge in [-0.15, -0.1) is 11.6 Å². The first-order chi connectivity index (χ1) is 7.56. The molecule has 0 aromatic heterocycles. The van der Waals surface area contributed by atoms with E-state index in [0.29, 0.717) is 11.3 Å². The van der Waals surface area contributed by atoms with E-state index >= 15 is 0 Å². The molecule has 0 amide bonds. The molecule has 90 valence electrons. The van der Waals surface area contributed by atoms with Crippen LogP contribution in [0.3, 0.4) is 0 Å². The molecule has 1 aromatic carbocycles. The zero-order valence-corrected chi connectivity index (χ0v) is 10.8. The lowest BCUT2D eigenvalue weighted by Crippen LogP contribution is -2.05. The molecule has 1 atom stereocenters. The Morgan fingerprint density at radius 1 is 1.25 bits per heavy atom. The maximum absolute atomic E-state index is 9.81. The molecule has 1 unspecified atom stereocenters. The van der Waals surface area contributed by atoms with Crippen molar-refractivity contribution in [3.63, 3.8) is 0 Å². The van der Waals surface area contributed by atoms with Crippen molar-refractivity contribution in [2.24, 2.45) is 0 Å². The third-order valence-electron chi connectivity index (χ3n) is 2.75. The summed E-state index contributed by atoms with van der Waals surface area (Å²) < 4.78 is 10.6. The monoisotopic (exact) mass is 244 g/mol. The van der Waals surface area contributed by atoms with Gasteiger partial charge in [-0.3, -0.25) is 0 Å². The van der Waals surface area contributed by atoms with Crippen molar-refractivity contribution in [1.82, 2.24) is 0 Å². The number of aliphatic hydroxyl groups is 1. The molecule has 16 heavy (non-hydrogen) atoms. The molecule has 1 N–H and O–H groups in total. The molecule has 0 heterocycles. The Hall–Kier alpha value is -0.930. The van der Waals surface area contributed by atoms with Crippen molar-refractivity contribution >= 4 is 11.6 Å². The first kappa shape index (κ1) is 13.1. The van der Waals surface area contributed by atoms with E-state index in [1.165, 1.54) is 0 Å². The Morgan fingerprint density at radius 2 is 1.88 bits per heavy atom. The van der Waals surface area contributed by atoms with Gasteiger partial charge in [-0.05, 0) is 31.0 Å². The van der Waals surface area contributed by atoms with E-state index in [0.717, 1.165) is 16.9 Å². The highest BCUT2D eigenvalue weighted by molar-refractivity contribution is 6.18. The molecule has 0 spiro atoms. The molecule has 1 aromatic rings. The van der Waals surface area contributed by atoms with Gasteiger partial charge in [0.05, 0.1) is 26.2 Å². The second kappa shape index (κ2) is 5.41. The summed E-state index contributed by atoms with van der Waals surface area (Å²) in [5.41, 5.74) is 2.63. The maximum Gasteiger partial charge on any atom is 0.128 e. The third kappa shape index (κ3) is 2.25. The largest absolute Gasteiger partial charge is 0.496 e. The van der Waals surface area contributed by atoms with Crippen LogP contribution >= 0.6 is 11.6 Å². The molecule has 0 aliphatic heterocycles. The molecule has 0 aliphatic rings. The molecule has 0 fully saturated rings. The van der Waals surface area contributed by atoms with Crippen LogP contribution in [0.4, 0.5) is 0 Å². The Bertz CT molecular complexity index is 377. The van der Waals surface area contributed by atoms with Gasteiger partial charge in [-0.25, -0.2) is 0 Å². The summed E-state index contributed by atoms with van der Waals surface area (Å²) in [7, 11) is 3.18. The summed E-state index contributed by atoms with van der Waals surface area (Å²) in [4.78, 5) is 0. The smallest absolute Gasteiger partial charge is 0.128 e. The van der Waals surface area contributed by atoms with Crippen molar-refractivity contribution in [3.8, 4) is 11.5 Å². The average molecular weight is 245 g/mol. The summed E-state index contributed by atoms with van der Waals surface area (Å²) in [6, 6.07) is 1.77. The topological polar surface area (TPSA) is 38.7 Å². The molecular formula is C12H17ClO3. The molecule has 3 nitrogen and oxygen atoms in total. The highest BCUT2D eigenvalue weighted by atomic mass is 35.5. The minimum atomic E-state index is -0.746. The summed E-state index contributed by atoms with van der Waals surface area (Å²) in [5.74, 6) is 1.53. The van der Waals surface area contributed by atoms with Crippen LogP contribution in [0.5, 0.6) is 11.5 Å². The van der Waals surface area contributed by atoms with E-state index in [4.69, 9.17) is 21.1 Å². The van der Waals surface area contributed by atoms with E-state index in [1.807, 2.05) is 13.8 Å². The SMILES string of the molecule is COc1cc(C(O)CCl)c(OC)c(C)c1C. The number of hydrogen-bond donors (Lipinski definition) is 1. The summed E-state index contributed by atoms with van der Waals surface area (Å²) in [6.07, 6.45) is -0.746. The number of benzene rings is 1. The fourth-order valence-electron chi connectivity index (χ4n) is 1.70. The first-order valence-corrected chi connectivity index (χ1v) is 5.56. The quantitative estimate of drug-likeness (QED) is 0.828. The highest BCUT2D eigenvalue weighted by Gasteiger charge is 2.18. The van der Waals surface area contributed by atoms with E-state index < -0.39 is 6.10 Å². The number of hydrogen-bond acceptors (Lipinski definition) is 3. The number of methoxy groups -OCH3 is 2. The molecule has 4 heteroatoms. The van der Waals surface area contributed by atoms with E-state index in [1.54, 1.807) is 20.3 Å². The molecule has 1 rings (SSSR count). The zero-order valence-electron chi connectivity index (χ0n) is 10.0. The highest BCUT2D eigenvalue weighted by Crippen LogP contribution is 2.36. The Balaban J connectivity index is 3.40. The number of halogens is 1. The van der Waals surface area contributed by atoms with Crippen LogP contribution < -0.4 is 9.47 Å². The minimum absolute atomic E-state index is 0.127. The van der Waals surface area contributed by atoms with Gasteiger partial charge < -0.3 is 14.6 Å². The van der Waals surface area contributed by atoms with Crippen LogP contribution in [0.15, 0.2) is 6.07 Å². The standard InChI is InChI=1S/C12H17ClO3/c1-7-8(2)12(16-4)9(10(14)6-13)5-11(7)15-3/h5,10,14H,6H2,1-4H3. The predicted octanol–water partition coefficient (Wildman–Crippen LogP) is 2.59. The van der Waals surface area contributed by atoms with Gasteiger partial charge in [0.2, 0.25) is 0 Å². The molecule has 0 saturated heterocycles. The van der Waals surface area contributed by atoms with E-state index in [-0.39, 0.29) is 5.88 Å². The molecule has 0 saturated carbocycles. The Morgan fingerprint density at radius 3 is 2.31 bits per heavy atom.